The zero-order valence-corrected chi connectivity index (χ0v) is 10.2. The number of nitrogens with zero attached hydrogens (tertiary/aromatic N) is 3. The van der Waals surface area contributed by atoms with E-state index in [2.05, 4.69) is 31.3 Å². The number of carbonyl (C=O) groups is 2. The van der Waals surface area contributed by atoms with Gasteiger partial charge in [0, 0.05) is 12.0 Å². The van der Waals surface area contributed by atoms with Crippen LogP contribution in [-0.4, -0.2) is 43.3 Å². The number of hydrogen-bond acceptors (Lipinski definition) is 5. The average Bonchev–Trinajstić information content (AvgIpc) is 2.76. The molecule has 0 unspecified atom stereocenters. The Morgan fingerprint density at radius 2 is 2.17 bits per heavy atom. The second-order valence-corrected chi connectivity index (χ2v) is 4.41. The monoisotopic (exact) mass is 256 g/mol. The topological polar surface area (TPSA) is 133 Å². The molecule has 0 aromatic carbocycles. The Morgan fingerprint density at radius 1 is 1.44 bits per heavy atom. The smallest absolute Gasteiger partial charge is 0.315 e. The number of amides is 2. The molecule has 0 spiro atoms. The number of nitrogens with one attached hydrogen (secondary N) is 3. The fourth-order valence-corrected chi connectivity index (χ4v) is 1.25. The first-order valence-corrected chi connectivity index (χ1v) is 5.39. The maximum atomic E-state index is 11.5. The third-order valence-corrected chi connectivity index (χ3v) is 2.21. The molecule has 0 saturated carbocycles. The molecule has 0 fully saturated rings. The molecular formula is C9H16N6O3. The molecule has 0 atom stereocenters. The van der Waals surface area contributed by atoms with Crippen molar-refractivity contribution in [3.05, 3.63) is 5.82 Å². The molecule has 2 amide bonds. The van der Waals surface area contributed by atoms with Gasteiger partial charge in [-0.05, 0) is 20.3 Å². The van der Waals surface area contributed by atoms with Crippen molar-refractivity contribution >= 4 is 12.0 Å². The Labute approximate surface area is 103 Å². The van der Waals surface area contributed by atoms with Crippen molar-refractivity contribution in [1.82, 2.24) is 31.3 Å². The van der Waals surface area contributed by atoms with Gasteiger partial charge in [-0.15, -0.1) is 10.2 Å². The zero-order valence-electron chi connectivity index (χ0n) is 10.2. The first kappa shape index (κ1) is 13.9. The molecule has 0 radical (unpaired) electrons. The number of aliphatic carboxylic acids is 1. The van der Waals surface area contributed by atoms with Crippen LogP contribution in [-0.2, 0) is 11.3 Å². The van der Waals surface area contributed by atoms with Crippen molar-refractivity contribution in [1.29, 1.82) is 0 Å². The maximum absolute atomic E-state index is 11.5. The molecule has 9 heteroatoms. The second kappa shape index (κ2) is 5.94. The SMILES string of the molecule is CC(C)(CCC(=O)O)NC(=O)NCc1nn[nH]n1. The highest BCUT2D eigenvalue weighted by atomic mass is 16.4. The lowest BCUT2D eigenvalue weighted by Gasteiger charge is -2.25. The number of carboxylic acid groups (broad SMARTS) is 1. The largest absolute Gasteiger partial charge is 0.481 e. The van der Waals surface area contributed by atoms with Crippen molar-refractivity contribution in [2.24, 2.45) is 0 Å². The lowest BCUT2D eigenvalue weighted by molar-refractivity contribution is -0.137. The van der Waals surface area contributed by atoms with Gasteiger partial charge >= 0.3 is 12.0 Å². The summed E-state index contributed by atoms with van der Waals surface area (Å²) in [5.74, 6) is -0.523. The van der Waals surface area contributed by atoms with Crippen molar-refractivity contribution in [2.45, 2.75) is 38.8 Å². The number of H-pyrrole nitrogens is 1. The third-order valence-electron chi connectivity index (χ3n) is 2.21. The van der Waals surface area contributed by atoms with E-state index in [1.165, 1.54) is 0 Å². The van der Waals surface area contributed by atoms with Crippen LogP contribution >= 0.6 is 0 Å². The van der Waals surface area contributed by atoms with Crippen molar-refractivity contribution in [2.75, 3.05) is 0 Å². The van der Waals surface area contributed by atoms with Crippen molar-refractivity contribution in [3.8, 4) is 0 Å². The minimum absolute atomic E-state index is 0.00186. The quantitative estimate of drug-likeness (QED) is 0.549. The minimum Gasteiger partial charge on any atom is -0.481 e. The Balaban J connectivity index is 2.31. The normalized spacial score (nSPS) is 11.0. The Hall–Kier alpha value is -2.19. The summed E-state index contributed by atoms with van der Waals surface area (Å²) >= 11 is 0. The lowest BCUT2D eigenvalue weighted by Crippen LogP contribution is -2.48. The summed E-state index contributed by atoms with van der Waals surface area (Å²) < 4.78 is 0. The standard InChI is InChI=1S/C9H16N6O3/c1-9(2,4-3-7(16)17)11-8(18)10-5-6-12-14-15-13-6/h3-5H2,1-2H3,(H,16,17)(H2,10,11,18)(H,12,13,14,15). The maximum Gasteiger partial charge on any atom is 0.315 e. The molecule has 1 aromatic heterocycles. The van der Waals surface area contributed by atoms with E-state index in [0.29, 0.717) is 12.2 Å². The second-order valence-electron chi connectivity index (χ2n) is 4.41. The summed E-state index contributed by atoms with van der Waals surface area (Å²) in [5, 5.41) is 26.8. The van der Waals surface area contributed by atoms with E-state index in [9.17, 15) is 9.59 Å². The van der Waals surface area contributed by atoms with Crippen LogP contribution in [0.5, 0.6) is 0 Å². The predicted molar refractivity (Wildman–Crippen MR) is 60.5 cm³/mol. The van der Waals surface area contributed by atoms with Crippen LogP contribution in [0, 0.1) is 0 Å². The van der Waals surface area contributed by atoms with Crippen LogP contribution in [0.15, 0.2) is 0 Å². The molecule has 1 heterocycles. The number of aromatic amines is 1. The van der Waals surface area contributed by atoms with Gasteiger partial charge in [0.1, 0.15) is 0 Å². The number of tetrazole rings is 1. The number of aromatic nitrogens is 4. The Kier molecular flexibility index (Phi) is 4.58. The molecule has 1 aromatic rings. The molecule has 18 heavy (non-hydrogen) atoms. The summed E-state index contributed by atoms with van der Waals surface area (Å²) in [7, 11) is 0. The van der Waals surface area contributed by atoms with E-state index in [-0.39, 0.29) is 13.0 Å². The van der Waals surface area contributed by atoms with E-state index in [0.717, 1.165) is 0 Å². The Bertz CT molecular complexity index is 402. The number of carboxylic acids is 1. The molecule has 0 saturated heterocycles. The third kappa shape index (κ3) is 5.23. The van der Waals surface area contributed by atoms with E-state index >= 15 is 0 Å². The first-order chi connectivity index (χ1) is 8.39. The molecule has 0 aliphatic rings. The molecular weight excluding hydrogens is 240 g/mol. The highest BCUT2D eigenvalue weighted by molar-refractivity contribution is 5.74. The zero-order chi connectivity index (χ0) is 13.6. The summed E-state index contributed by atoms with van der Waals surface area (Å²) in [6, 6.07) is -0.407. The van der Waals surface area contributed by atoms with Crippen LogP contribution in [0.25, 0.3) is 0 Å². The summed E-state index contributed by atoms with van der Waals surface area (Å²) in [6.07, 6.45) is 0.343. The van der Waals surface area contributed by atoms with Gasteiger partial charge in [-0.3, -0.25) is 4.79 Å². The fourth-order valence-electron chi connectivity index (χ4n) is 1.25. The molecule has 100 valence electrons. The van der Waals surface area contributed by atoms with Crippen LogP contribution in [0.4, 0.5) is 4.79 Å². The number of rotatable bonds is 6. The predicted octanol–water partition coefficient (Wildman–Crippen LogP) is -0.358. The fraction of sp³-hybridized carbons (Fsp3) is 0.667. The van der Waals surface area contributed by atoms with Crippen LogP contribution in [0.3, 0.4) is 0 Å². The van der Waals surface area contributed by atoms with Gasteiger partial charge in [-0.1, -0.05) is 5.21 Å². The van der Waals surface area contributed by atoms with Gasteiger partial charge < -0.3 is 15.7 Å². The average molecular weight is 256 g/mol. The highest BCUT2D eigenvalue weighted by Crippen LogP contribution is 2.10. The molecule has 0 aliphatic carbocycles. The van der Waals surface area contributed by atoms with Crippen molar-refractivity contribution in [3.63, 3.8) is 0 Å². The summed E-state index contributed by atoms with van der Waals surface area (Å²) in [4.78, 5) is 22.0. The molecule has 0 bridgehead atoms. The van der Waals surface area contributed by atoms with Crippen molar-refractivity contribution < 1.29 is 14.7 Å². The Morgan fingerprint density at radius 3 is 2.72 bits per heavy atom. The van der Waals surface area contributed by atoms with Gasteiger partial charge in [0.05, 0.1) is 6.54 Å². The molecule has 4 N–H and O–H groups in total. The van der Waals surface area contributed by atoms with E-state index in [4.69, 9.17) is 5.11 Å². The van der Waals surface area contributed by atoms with Crippen LogP contribution in [0.2, 0.25) is 0 Å². The summed E-state index contributed by atoms with van der Waals surface area (Å²) in [6.45, 7) is 3.66. The van der Waals surface area contributed by atoms with Gasteiger partial charge in [0.2, 0.25) is 0 Å². The highest BCUT2D eigenvalue weighted by Gasteiger charge is 2.21. The molecule has 0 aliphatic heterocycles. The van der Waals surface area contributed by atoms with Crippen LogP contribution in [0.1, 0.15) is 32.5 Å². The number of hydrogen-bond donors (Lipinski definition) is 4. The van der Waals surface area contributed by atoms with E-state index in [1.54, 1.807) is 13.8 Å². The summed E-state index contributed by atoms with van der Waals surface area (Å²) in [5.41, 5.74) is -0.597. The van der Waals surface area contributed by atoms with E-state index < -0.39 is 17.5 Å². The van der Waals surface area contributed by atoms with E-state index in [1.807, 2.05) is 0 Å². The van der Waals surface area contributed by atoms with Gasteiger partial charge in [0.25, 0.3) is 0 Å². The number of urea groups is 1. The van der Waals surface area contributed by atoms with Gasteiger partial charge in [0.15, 0.2) is 5.82 Å². The lowest BCUT2D eigenvalue weighted by atomic mass is 9.99. The number of carbonyl (C=O) groups excluding carboxylic acids is 1. The minimum atomic E-state index is -0.892. The van der Waals surface area contributed by atoms with Gasteiger partial charge in [-0.25, -0.2) is 4.79 Å². The first-order valence-electron chi connectivity index (χ1n) is 5.39. The van der Waals surface area contributed by atoms with Crippen LogP contribution < -0.4 is 10.6 Å². The molecule has 1 rings (SSSR count). The molecule has 9 nitrogen and oxygen atoms in total. The van der Waals surface area contributed by atoms with Gasteiger partial charge in [-0.2, -0.15) is 5.21 Å².